The second kappa shape index (κ2) is 23.5. The monoisotopic (exact) mass is 1060 g/mol. The number of methoxy groups -OCH3 is 4. The van der Waals surface area contributed by atoms with Gasteiger partial charge in [-0.3, -0.25) is 10.2 Å². The Kier molecular flexibility index (Phi) is 18.0. The number of carbonyl (C=O) groups is 1. The molecule has 1 fully saturated rings. The first-order valence-electron chi connectivity index (χ1n) is 26.7. The Morgan fingerprint density at radius 2 is 1.48 bits per heavy atom. The van der Waals surface area contributed by atoms with E-state index in [1.807, 2.05) is 44.2 Å². The summed E-state index contributed by atoms with van der Waals surface area (Å²) in [6.45, 7) is 37.2. The van der Waals surface area contributed by atoms with E-state index in [9.17, 15) is 9.90 Å². The molecule has 1 amide bonds. The predicted molar refractivity (Wildman–Crippen MR) is 301 cm³/mol. The Hall–Kier alpha value is -5.29. The van der Waals surface area contributed by atoms with Gasteiger partial charge in [0, 0.05) is 59.9 Å². The fourth-order valence-electron chi connectivity index (χ4n) is 11.3. The smallest absolute Gasteiger partial charge is 0.407 e. The van der Waals surface area contributed by atoms with Gasteiger partial charge in [-0.25, -0.2) is 16.3 Å². The number of nitrogens with one attached hydrogen (secondary N) is 2. The largest absolute Gasteiger partial charge is 0.541 e. The molecule has 5 unspecified atom stereocenters. The van der Waals surface area contributed by atoms with Gasteiger partial charge >= 0.3 is 6.09 Å². The number of aromatic hydroxyl groups is 1. The molecule has 5 atom stereocenters. The van der Waals surface area contributed by atoms with E-state index in [4.69, 9.17) is 43.8 Å². The zero-order valence-electron chi connectivity index (χ0n) is 47.5. The molecular formula is C59H84N4O10Si2. The highest BCUT2D eigenvalue weighted by atomic mass is 28.4. The van der Waals surface area contributed by atoms with E-state index in [0.29, 0.717) is 84.4 Å². The lowest BCUT2D eigenvalue weighted by Crippen LogP contribution is -2.59. The van der Waals surface area contributed by atoms with Crippen molar-refractivity contribution in [2.24, 2.45) is 0 Å². The van der Waals surface area contributed by atoms with E-state index in [0.717, 1.165) is 38.9 Å². The average molecular weight is 1070 g/mol. The first kappa shape index (κ1) is 57.4. The van der Waals surface area contributed by atoms with E-state index in [-0.39, 0.29) is 41.6 Å². The van der Waals surface area contributed by atoms with Crippen LogP contribution in [0.4, 0.5) is 4.79 Å². The van der Waals surface area contributed by atoms with Crippen LogP contribution in [-0.4, -0.2) is 118 Å². The minimum Gasteiger partial charge on any atom is -0.541 e. The number of nitrogens with zero attached hydrogens (tertiary/aromatic N) is 2. The van der Waals surface area contributed by atoms with Crippen LogP contribution in [0.1, 0.15) is 106 Å². The molecule has 4 aromatic carbocycles. The van der Waals surface area contributed by atoms with Crippen molar-refractivity contribution < 1.29 is 47.2 Å². The third-order valence-electron chi connectivity index (χ3n) is 17.0. The van der Waals surface area contributed by atoms with Gasteiger partial charge in [0.2, 0.25) is 0 Å². The van der Waals surface area contributed by atoms with Gasteiger partial charge in [0.25, 0.3) is 14.5 Å². The van der Waals surface area contributed by atoms with Crippen molar-refractivity contribution >= 4 is 22.7 Å². The summed E-state index contributed by atoms with van der Waals surface area (Å²) in [5.74, 6) is 2.25. The third kappa shape index (κ3) is 11.6. The van der Waals surface area contributed by atoms with Crippen molar-refractivity contribution in [2.45, 2.75) is 154 Å². The minimum atomic E-state index is -2.42. The molecule has 2 aliphatic heterocycles. The Morgan fingerprint density at radius 1 is 0.893 bits per heavy atom. The molecule has 0 saturated carbocycles. The number of amides is 1. The molecule has 1 saturated heterocycles. The van der Waals surface area contributed by atoms with Crippen LogP contribution >= 0.6 is 0 Å². The second-order valence-corrected chi connectivity index (χ2v) is 32.6. The summed E-state index contributed by atoms with van der Waals surface area (Å²) >= 11 is 0. The van der Waals surface area contributed by atoms with Crippen molar-refractivity contribution in [2.75, 3.05) is 61.3 Å². The molecule has 14 nitrogen and oxygen atoms in total. The van der Waals surface area contributed by atoms with Crippen molar-refractivity contribution in [3.05, 3.63) is 105 Å². The number of benzene rings is 4. The van der Waals surface area contributed by atoms with Gasteiger partial charge in [-0.05, 0) is 90.8 Å². The SMILES string of the molecule is [C-]#[N+]C(C1Cc2c(OC)c(C)c(OC)c(O)c2C(C(Cc2cc(O[Si](C)(C)C(C)(C)C)c(OC)c(C)c2OC)NC(=O)OCC2c3ccccc3-c3ccccc32)N1)N1CCOC(CCO[Si](C)(C(C)C)C(C)C)C1. The Balaban J connectivity index is 1.31. The Bertz CT molecular complexity index is 2660. The van der Waals surface area contributed by atoms with Gasteiger partial charge in [0.1, 0.15) is 29.9 Å². The molecule has 4 aromatic rings. The first-order chi connectivity index (χ1) is 35.5. The van der Waals surface area contributed by atoms with E-state index >= 15 is 0 Å². The molecule has 0 radical (unpaired) electrons. The maximum absolute atomic E-state index is 14.8. The van der Waals surface area contributed by atoms with Gasteiger partial charge in [0.15, 0.2) is 25.6 Å². The van der Waals surface area contributed by atoms with Crippen LogP contribution < -0.4 is 34.0 Å². The molecule has 7 rings (SSSR count). The first-order valence-corrected chi connectivity index (χ1v) is 32.2. The maximum atomic E-state index is 14.8. The van der Waals surface area contributed by atoms with Crippen molar-refractivity contribution in [3.63, 3.8) is 0 Å². The fraction of sp³-hybridized carbons (Fsp3) is 0.559. The zero-order chi connectivity index (χ0) is 54.7. The Morgan fingerprint density at radius 3 is 2.04 bits per heavy atom. The third-order valence-corrected chi connectivity index (χ3v) is 26.8. The lowest BCUT2D eigenvalue weighted by molar-refractivity contribution is -0.0506. The number of phenols is 1. The number of alkyl carbamates (subject to hydrolysis) is 1. The van der Waals surface area contributed by atoms with Gasteiger partial charge in [-0.15, -0.1) is 0 Å². The summed E-state index contributed by atoms with van der Waals surface area (Å²) in [5.41, 5.74) is 8.69. The summed E-state index contributed by atoms with van der Waals surface area (Å²) in [5, 5.41) is 19.6. The lowest BCUT2D eigenvalue weighted by atomic mass is 9.81. The summed E-state index contributed by atoms with van der Waals surface area (Å²) in [6.07, 6.45) is -0.214. The van der Waals surface area contributed by atoms with E-state index in [1.165, 1.54) is 7.11 Å². The quantitative estimate of drug-likeness (QED) is 0.0573. The number of phenolic OH excluding ortho intramolecular Hbond substituents is 1. The van der Waals surface area contributed by atoms with E-state index in [2.05, 4.69) is 113 Å². The van der Waals surface area contributed by atoms with Crippen LogP contribution in [0.15, 0.2) is 54.6 Å². The molecule has 1 aliphatic carbocycles. The molecule has 3 aliphatic rings. The normalized spacial score (nSPS) is 18.9. The van der Waals surface area contributed by atoms with Gasteiger partial charge in [-0.1, -0.05) is 97.0 Å². The molecule has 408 valence electrons. The predicted octanol–water partition coefficient (Wildman–Crippen LogP) is 11.9. The highest BCUT2D eigenvalue weighted by Gasteiger charge is 2.47. The topological polar surface area (TPSA) is 143 Å². The van der Waals surface area contributed by atoms with E-state index < -0.39 is 47.0 Å². The molecule has 75 heavy (non-hydrogen) atoms. The van der Waals surface area contributed by atoms with Crippen LogP contribution in [0.5, 0.6) is 34.5 Å². The zero-order valence-corrected chi connectivity index (χ0v) is 49.5. The molecule has 0 aromatic heterocycles. The second-order valence-electron chi connectivity index (χ2n) is 22.9. The van der Waals surface area contributed by atoms with Gasteiger partial charge in [0.05, 0.1) is 53.2 Å². The lowest BCUT2D eigenvalue weighted by Gasteiger charge is -2.42. The van der Waals surface area contributed by atoms with Crippen molar-refractivity contribution in [3.8, 4) is 45.6 Å². The number of ether oxygens (including phenoxy) is 6. The van der Waals surface area contributed by atoms with Crippen LogP contribution in [0.2, 0.25) is 35.8 Å². The standard InChI is InChI=1S/C59H84N4O10Si2/c1-35(2)75(17,36(3)4)72-28-26-40-33-63(27-29-70-40)57(60-10)48-32-45-50(52(64)56(69-14)38(6)54(45)67-12)51(61-48)47(30-39-31-49(73-74(15,16)59(7,8)9)55(68-13)37(5)53(39)66-11)62-58(65)71-34-46-43-24-20-18-22-41(43)42-23-19-21-25-44(42)46/h18-25,31,35-36,40,46-48,51,57,61,64H,26-30,32-34H2,1-9,11-17H3,(H,62,65). The number of morpholine rings is 1. The molecule has 0 bridgehead atoms. The number of rotatable bonds is 20. The van der Waals surface area contributed by atoms with Crippen LogP contribution in [0.25, 0.3) is 16.0 Å². The molecule has 16 heteroatoms. The molecular weight excluding hydrogens is 981 g/mol. The highest BCUT2D eigenvalue weighted by Crippen LogP contribution is 2.51. The molecule has 2 heterocycles. The number of hydrogen-bond donors (Lipinski definition) is 3. The van der Waals surface area contributed by atoms with Crippen LogP contribution in [0, 0.1) is 20.4 Å². The van der Waals surface area contributed by atoms with Gasteiger partial charge in [-0.2, -0.15) is 0 Å². The van der Waals surface area contributed by atoms with Crippen LogP contribution in [-0.2, 0) is 26.7 Å². The van der Waals surface area contributed by atoms with Gasteiger partial charge < -0.3 is 47.7 Å². The Labute approximate surface area is 449 Å². The fourth-order valence-corrected chi connectivity index (χ4v) is 14.9. The summed E-state index contributed by atoms with van der Waals surface area (Å²) in [4.78, 5) is 21.4. The van der Waals surface area contributed by atoms with Crippen LogP contribution in [0.3, 0.4) is 0 Å². The average Bonchev–Trinajstić information content (AvgIpc) is 3.68. The summed E-state index contributed by atoms with van der Waals surface area (Å²) in [6, 6.07) is 16.3. The molecule has 3 N–H and O–H groups in total. The maximum Gasteiger partial charge on any atom is 0.407 e. The number of hydrogen-bond acceptors (Lipinski definition) is 12. The number of fused-ring (bicyclic) bond motifs is 4. The van der Waals surface area contributed by atoms with E-state index in [1.54, 1.807) is 21.3 Å². The number of carbonyl (C=O) groups excluding carboxylic acids is 1. The summed E-state index contributed by atoms with van der Waals surface area (Å²) in [7, 11) is 1.98. The molecule has 0 spiro atoms. The van der Waals surface area contributed by atoms with Crippen molar-refractivity contribution in [1.29, 1.82) is 0 Å². The highest BCUT2D eigenvalue weighted by molar-refractivity contribution is 6.75. The minimum absolute atomic E-state index is 0.0787. The summed E-state index contributed by atoms with van der Waals surface area (Å²) < 4.78 is 50.8. The van der Waals surface area contributed by atoms with Crippen molar-refractivity contribution in [1.82, 2.24) is 15.5 Å².